The zero-order valence-electron chi connectivity index (χ0n) is 5.35. The van der Waals surface area contributed by atoms with Gasteiger partial charge in [-0.2, -0.15) is 0 Å². The highest BCUT2D eigenvalue weighted by atomic mass is 14.9. The molecular formula is C6H14N2. The molecule has 0 unspecified atom stereocenters. The lowest BCUT2D eigenvalue weighted by atomic mass is 10.1. The summed E-state index contributed by atoms with van der Waals surface area (Å²) in [5, 5.41) is 0. The minimum atomic E-state index is -0.644. The van der Waals surface area contributed by atoms with Crippen molar-refractivity contribution in [1.29, 1.82) is 0 Å². The predicted octanol–water partition coefficient (Wildman–Crippen LogP) is 0.586. The SMILES string of the molecule is C=CC(N)(N)CCC. The molecule has 0 aromatic rings. The van der Waals surface area contributed by atoms with Gasteiger partial charge >= 0.3 is 0 Å². The molecule has 0 radical (unpaired) electrons. The highest BCUT2D eigenvalue weighted by Crippen LogP contribution is 2.00. The lowest BCUT2D eigenvalue weighted by molar-refractivity contribution is 0.500. The maximum Gasteiger partial charge on any atom is 0.0825 e. The molecule has 0 saturated heterocycles. The van der Waals surface area contributed by atoms with Crippen LogP contribution in [0.25, 0.3) is 0 Å². The lowest BCUT2D eigenvalue weighted by Gasteiger charge is -2.17. The molecular weight excluding hydrogens is 100 g/mol. The molecule has 0 aliphatic carbocycles. The van der Waals surface area contributed by atoms with Crippen LogP contribution in [0.1, 0.15) is 19.8 Å². The van der Waals surface area contributed by atoms with Crippen LogP contribution >= 0.6 is 0 Å². The van der Waals surface area contributed by atoms with Gasteiger partial charge in [0, 0.05) is 0 Å². The topological polar surface area (TPSA) is 52.0 Å². The fraction of sp³-hybridized carbons (Fsp3) is 0.667. The van der Waals surface area contributed by atoms with Crippen molar-refractivity contribution >= 4 is 0 Å². The van der Waals surface area contributed by atoms with E-state index in [1.807, 2.05) is 6.92 Å². The molecule has 0 saturated carbocycles. The van der Waals surface area contributed by atoms with Crippen molar-refractivity contribution in [3.05, 3.63) is 12.7 Å². The van der Waals surface area contributed by atoms with Gasteiger partial charge in [0.25, 0.3) is 0 Å². The third-order valence-corrected chi connectivity index (χ3v) is 1.06. The Balaban J connectivity index is 3.53. The summed E-state index contributed by atoms with van der Waals surface area (Å²) in [6.07, 6.45) is 3.38. The summed E-state index contributed by atoms with van der Waals surface area (Å²) in [5.74, 6) is 0. The Bertz CT molecular complexity index is 76.6. The minimum Gasteiger partial charge on any atom is -0.310 e. The van der Waals surface area contributed by atoms with E-state index >= 15 is 0 Å². The lowest BCUT2D eigenvalue weighted by Crippen LogP contribution is -2.46. The molecule has 0 bridgehead atoms. The van der Waals surface area contributed by atoms with Gasteiger partial charge in [0.05, 0.1) is 5.66 Å². The Morgan fingerprint density at radius 2 is 2.12 bits per heavy atom. The summed E-state index contributed by atoms with van der Waals surface area (Å²) in [4.78, 5) is 0. The Kier molecular flexibility index (Phi) is 2.72. The third-order valence-electron chi connectivity index (χ3n) is 1.06. The smallest absolute Gasteiger partial charge is 0.0825 e. The Morgan fingerprint density at radius 3 is 2.25 bits per heavy atom. The molecule has 0 atom stereocenters. The summed E-state index contributed by atoms with van der Waals surface area (Å²) in [6, 6.07) is 0. The van der Waals surface area contributed by atoms with E-state index in [1.165, 1.54) is 0 Å². The zero-order chi connectivity index (χ0) is 6.62. The summed E-state index contributed by atoms with van der Waals surface area (Å²) in [7, 11) is 0. The first-order valence-corrected chi connectivity index (χ1v) is 2.83. The van der Waals surface area contributed by atoms with E-state index < -0.39 is 5.66 Å². The molecule has 0 heterocycles. The molecule has 0 fully saturated rings. The highest BCUT2D eigenvalue weighted by Gasteiger charge is 2.10. The number of hydrogen-bond acceptors (Lipinski definition) is 2. The second kappa shape index (κ2) is 2.84. The minimum absolute atomic E-state index is 0.644. The van der Waals surface area contributed by atoms with Gasteiger partial charge in [0.2, 0.25) is 0 Å². The van der Waals surface area contributed by atoms with Gasteiger partial charge in [-0.15, -0.1) is 0 Å². The first-order chi connectivity index (χ1) is 3.62. The molecule has 0 aromatic carbocycles. The van der Waals surface area contributed by atoms with Crippen molar-refractivity contribution in [2.75, 3.05) is 0 Å². The van der Waals surface area contributed by atoms with Crippen molar-refractivity contribution in [1.82, 2.24) is 0 Å². The van der Waals surface area contributed by atoms with Crippen LogP contribution in [-0.4, -0.2) is 5.66 Å². The summed E-state index contributed by atoms with van der Waals surface area (Å²) < 4.78 is 0. The van der Waals surface area contributed by atoms with Crippen molar-refractivity contribution in [3.8, 4) is 0 Å². The van der Waals surface area contributed by atoms with E-state index in [4.69, 9.17) is 11.5 Å². The molecule has 48 valence electrons. The largest absolute Gasteiger partial charge is 0.310 e. The Morgan fingerprint density at radius 1 is 1.62 bits per heavy atom. The van der Waals surface area contributed by atoms with Gasteiger partial charge in [0.1, 0.15) is 0 Å². The van der Waals surface area contributed by atoms with Crippen molar-refractivity contribution < 1.29 is 0 Å². The quantitative estimate of drug-likeness (QED) is 0.416. The normalized spacial score (nSPS) is 11.4. The molecule has 2 heteroatoms. The first kappa shape index (κ1) is 7.66. The van der Waals surface area contributed by atoms with Crippen LogP contribution in [0, 0.1) is 0 Å². The maximum absolute atomic E-state index is 5.49. The van der Waals surface area contributed by atoms with E-state index in [0.717, 1.165) is 12.8 Å². The van der Waals surface area contributed by atoms with Crippen LogP contribution in [-0.2, 0) is 0 Å². The van der Waals surface area contributed by atoms with Crippen molar-refractivity contribution in [2.24, 2.45) is 11.5 Å². The average Bonchev–Trinajstić information content (AvgIpc) is 1.67. The fourth-order valence-electron chi connectivity index (χ4n) is 0.535. The van der Waals surface area contributed by atoms with Gasteiger partial charge in [0.15, 0.2) is 0 Å². The fourth-order valence-corrected chi connectivity index (χ4v) is 0.535. The van der Waals surface area contributed by atoms with Crippen LogP contribution in [0.5, 0.6) is 0 Å². The predicted molar refractivity (Wildman–Crippen MR) is 36.2 cm³/mol. The van der Waals surface area contributed by atoms with E-state index in [2.05, 4.69) is 6.58 Å². The molecule has 2 nitrogen and oxygen atoms in total. The van der Waals surface area contributed by atoms with Gasteiger partial charge in [-0.25, -0.2) is 0 Å². The summed E-state index contributed by atoms with van der Waals surface area (Å²) in [5.41, 5.74) is 10.3. The highest BCUT2D eigenvalue weighted by molar-refractivity contribution is 4.94. The Hall–Kier alpha value is -0.340. The molecule has 0 rings (SSSR count). The van der Waals surface area contributed by atoms with Gasteiger partial charge in [-0.1, -0.05) is 26.0 Å². The zero-order valence-corrected chi connectivity index (χ0v) is 5.35. The van der Waals surface area contributed by atoms with Crippen LogP contribution in [0.15, 0.2) is 12.7 Å². The van der Waals surface area contributed by atoms with E-state index in [9.17, 15) is 0 Å². The van der Waals surface area contributed by atoms with Crippen LogP contribution in [0.4, 0.5) is 0 Å². The molecule has 0 aromatic heterocycles. The second-order valence-corrected chi connectivity index (χ2v) is 2.07. The monoisotopic (exact) mass is 114 g/mol. The van der Waals surface area contributed by atoms with Gasteiger partial charge < -0.3 is 11.5 Å². The summed E-state index contributed by atoms with van der Waals surface area (Å²) in [6.45, 7) is 5.54. The van der Waals surface area contributed by atoms with Gasteiger partial charge in [-0.05, 0) is 6.42 Å². The molecule has 0 amide bonds. The van der Waals surface area contributed by atoms with Crippen molar-refractivity contribution in [2.45, 2.75) is 25.4 Å². The van der Waals surface area contributed by atoms with E-state index in [0.29, 0.717) is 0 Å². The van der Waals surface area contributed by atoms with Crippen LogP contribution in [0.2, 0.25) is 0 Å². The summed E-state index contributed by atoms with van der Waals surface area (Å²) >= 11 is 0. The van der Waals surface area contributed by atoms with E-state index in [-0.39, 0.29) is 0 Å². The third kappa shape index (κ3) is 2.77. The molecule has 0 spiro atoms. The second-order valence-electron chi connectivity index (χ2n) is 2.07. The van der Waals surface area contributed by atoms with Gasteiger partial charge in [-0.3, -0.25) is 0 Å². The number of hydrogen-bond donors (Lipinski definition) is 2. The van der Waals surface area contributed by atoms with E-state index in [1.54, 1.807) is 6.08 Å². The first-order valence-electron chi connectivity index (χ1n) is 2.83. The molecule has 0 aliphatic rings. The van der Waals surface area contributed by atoms with Crippen molar-refractivity contribution in [3.63, 3.8) is 0 Å². The maximum atomic E-state index is 5.49. The number of rotatable bonds is 3. The van der Waals surface area contributed by atoms with Crippen LogP contribution in [0.3, 0.4) is 0 Å². The standard InChI is InChI=1S/C6H14N2/c1-3-5-6(7,8)4-2/h4H,2-3,5,7-8H2,1H3. The average molecular weight is 114 g/mol. The Labute approximate surface area is 50.6 Å². The molecule has 8 heavy (non-hydrogen) atoms. The van der Waals surface area contributed by atoms with Crippen LogP contribution < -0.4 is 11.5 Å². The number of nitrogens with two attached hydrogens (primary N) is 2. The molecule has 0 aliphatic heterocycles. The molecule has 4 N–H and O–H groups in total.